The minimum absolute atomic E-state index is 1.30. The highest BCUT2D eigenvalue weighted by molar-refractivity contribution is 4.83. The fourth-order valence-electron chi connectivity index (χ4n) is 2.58. The van der Waals surface area contributed by atoms with Crippen LogP contribution in [0.25, 0.3) is 0 Å². The average Bonchev–Trinajstić information content (AvgIpc) is 2.39. The van der Waals surface area contributed by atoms with Gasteiger partial charge in [-0.05, 0) is 51.4 Å². The Hall–Kier alpha value is -0.520. The fraction of sp³-hybridized carbons (Fsp3) is 0.778. The minimum Gasteiger partial charge on any atom is -0.0885 e. The smallest absolute Gasteiger partial charge is 0.0351 e. The summed E-state index contributed by atoms with van der Waals surface area (Å²) in [5.41, 5.74) is 0. The van der Waals surface area contributed by atoms with Gasteiger partial charge in [-0.25, -0.2) is 0 Å². The van der Waals surface area contributed by atoms with E-state index >= 15 is 0 Å². The monoisotopic (exact) mass is 248 g/mol. The van der Waals surface area contributed by atoms with Crippen molar-refractivity contribution in [1.82, 2.24) is 0 Å². The lowest BCUT2D eigenvalue weighted by atomic mass is 10.1. The van der Waals surface area contributed by atoms with Crippen molar-refractivity contribution in [1.29, 1.82) is 0 Å². The van der Waals surface area contributed by atoms with Gasteiger partial charge in [-0.3, -0.25) is 0 Å². The first-order valence-electron chi connectivity index (χ1n) is 8.30. The molecule has 0 spiro atoms. The molecule has 1 aliphatic carbocycles. The van der Waals surface area contributed by atoms with Gasteiger partial charge in [0, 0.05) is 0 Å². The van der Waals surface area contributed by atoms with Crippen molar-refractivity contribution in [3.8, 4) is 0 Å². The van der Waals surface area contributed by atoms with Crippen molar-refractivity contribution >= 4 is 0 Å². The highest BCUT2D eigenvalue weighted by atomic mass is 14.0. The predicted molar refractivity (Wildman–Crippen MR) is 82.9 cm³/mol. The van der Waals surface area contributed by atoms with E-state index in [-0.39, 0.29) is 0 Å². The first-order chi connectivity index (χ1) is 9.00. The maximum absolute atomic E-state index is 2.41. The maximum atomic E-state index is 2.41. The van der Waals surface area contributed by atoms with Crippen molar-refractivity contribution in [2.45, 2.75) is 89.9 Å². The third-order valence-electron chi connectivity index (χ3n) is 3.82. The van der Waals surface area contributed by atoms with Crippen LogP contribution < -0.4 is 0 Å². The molecule has 0 aromatic heterocycles. The molecule has 0 fully saturated rings. The molecule has 1 rings (SSSR count). The molecule has 0 nitrogen and oxygen atoms in total. The molecule has 0 saturated heterocycles. The van der Waals surface area contributed by atoms with Crippen LogP contribution >= 0.6 is 0 Å². The summed E-state index contributed by atoms with van der Waals surface area (Å²) in [5, 5.41) is 0. The van der Waals surface area contributed by atoms with Gasteiger partial charge in [0.15, 0.2) is 0 Å². The van der Waals surface area contributed by atoms with Crippen molar-refractivity contribution < 1.29 is 0 Å². The van der Waals surface area contributed by atoms with Gasteiger partial charge in [0.1, 0.15) is 0 Å². The Kier molecular flexibility index (Phi) is 11.2. The topological polar surface area (TPSA) is 0 Å². The van der Waals surface area contributed by atoms with Gasteiger partial charge in [0.25, 0.3) is 0 Å². The van der Waals surface area contributed by atoms with Crippen molar-refractivity contribution in [3.05, 3.63) is 24.3 Å². The molecule has 0 atom stereocenters. The van der Waals surface area contributed by atoms with Crippen LogP contribution in [0.4, 0.5) is 0 Å². The minimum atomic E-state index is 1.30. The predicted octanol–water partition coefficient (Wildman–Crippen LogP) is 6.57. The molecule has 18 heavy (non-hydrogen) atoms. The first kappa shape index (κ1) is 15.5. The summed E-state index contributed by atoms with van der Waals surface area (Å²) in [6.45, 7) is 0. The van der Waals surface area contributed by atoms with Crippen LogP contribution in [0.15, 0.2) is 24.3 Å². The zero-order valence-electron chi connectivity index (χ0n) is 12.2. The molecule has 0 amide bonds. The Bertz CT molecular complexity index is 190. The Balaban J connectivity index is 2.12. The van der Waals surface area contributed by atoms with E-state index in [2.05, 4.69) is 24.3 Å². The second kappa shape index (κ2) is 12.9. The van der Waals surface area contributed by atoms with E-state index in [9.17, 15) is 0 Å². The van der Waals surface area contributed by atoms with Crippen LogP contribution in [0, 0.1) is 0 Å². The summed E-state index contributed by atoms with van der Waals surface area (Å²) in [7, 11) is 0. The highest BCUT2D eigenvalue weighted by Gasteiger charge is 1.92. The van der Waals surface area contributed by atoms with E-state index in [1.54, 1.807) is 0 Å². The Morgan fingerprint density at radius 3 is 0.833 bits per heavy atom. The van der Waals surface area contributed by atoms with Gasteiger partial charge in [-0.2, -0.15) is 0 Å². The van der Waals surface area contributed by atoms with E-state index in [0.29, 0.717) is 0 Å². The second-order valence-electron chi connectivity index (χ2n) is 5.63. The molecule has 0 heteroatoms. The van der Waals surface area contributed by atoms with E-state index in [4.69, 9.17) is 0 Å². The second-order valence-corrected chi connectivity index (χ2v) is 5.63. The Morgan fingerprint density at radius 1 is 0.278 bits per heavy atom. The van der Waals surface area contributed by atoms with E-state index in [1.807, 2.05) is 0 Å². The lowest BCUT2D eigenvalue weighted by Gasteiger charge is -2.01. The third kappa shape index (κ3) is 10.6. The number of hydrogen-bond donors (Lipinski definition) is 0. The molecule has 1 aliphatic rings. The van der Waals surface area contributed by atoms with Gasteiger partial charge in [-0.1, -0.05) is 62.8 Å². The fourth-order valence-corrected chi connectivity index (χ4v) is 2.58. The third-order valence-corrected chi connectivity index (χ3v) is 3.82. The molecule has 0 aromatic rings. The summed E-state index contributed by atoms with van der Waals surface area (Å²) in [6.07, 6.45) is 29.0. The van der Waals surface area contributed by atoms with Gasteiger partial charge in [0.2, 0.25) is 0 Å². The molecule has 0 radical (unpaired) electrons. The SMILES string of the molecule is C1=C\CCCCCCCCC/C=C\CCCCC/1. The molecule has 0 bridgehead atoms. The van der Waals surface area contributed by atoms with E-state index in [1.165, 1.54) is 89.9 Å². The maximum Gasteiger partial charge on any atom is -0.0351 e. The summed E-state index contributed by atoms with van der Waals surface area (Å²) >= 11 is 0. The average molecular weight is 248 g/mol. The molecular weight excluding hydrogens is 216 g/mol. The van der Waals surface area contributed by atoms with Crippen LogP contribution in [0.2, 0.25) is 0 Å². The van der Waals surface area contributed by atoms with Crippen LogP contribution in [-0.2, 0) is 0 Å². The number of rotatable bonds is 0. The van der Waals surface area contributed by atoms with Crippen molar-refractivity contribution in [2.75, 3.05) is 0 Å². The standard InChI is InChI=1S/C18H32/c1-2-4-6-8-10-12-14-16-18-17-15-13-11-9-7-5-3-1/h1-2,13,15H,3-12,14,16-18H2/b2-1-,15-13-. The largest absolute Gasteiger partial charge is 0.0885 e. The van der Waals surface area contributed by atoms with Gasteiger partial charge >= 0.3 is 0 Å². The molecule has 0 unspecified atom stereocenters. The van der Waals surface area contributed by atoms with Gasteiger partial charge < -0.3 is 0 Å². The normalized spacial score (nSPS) is 25.8. The number of hydrogen-bond acceptors (Lipinski definition) is 0. The number of allylic oxidation sites excluding steroid dienone is 4. The van der Waals surface area contributed by atoms with Gasteiger partial charge in [0.05, 0.1) is 0 Å². The quantitative estimate of drug-likeness (QED) is 0.425. The molecule has 0 aromatic carbocycles. The van der Waals surface area contributed by atoms with Gasteiger partial charge in [-0.15, -0.1) is 0 Å². The summed E-state index contributed by atoms with van der Waals surface area (Å²) in [6, 6.07) is 0. The highest BCUT2D eigenvalue weighted by Crippen LogP contribution is 2.11. The molecule has 0 heterocycles. The van der Waals surface area contributed by atoms with Crippen molar-refractivity contribution in [2.24, 2.45) is 0 Å². The molecule has 0 N–H and O–H groups in total. The summed E-state index contributed by atoms with van der Waals surface area (Å²) in [4.78, 5) is 0. The van der Waals surface area contributed by atoms with E-state index < -0.39 is 0 Å². The lowest BCUT2D eigenvalue weighted by molar-refractivity contribution is 0.582. The van der Waals surface area contributed by atoms with Crippen LogP contribution in [0.1, 0.15) is 89.9 Å². The molecule has 0 aliphatic heterocycles. The Labute approximate surface area is 115 Å². The zero-order chi connectivity index (χ0) is 12.7. The Morgan fingerprint density at radius 2 is 0.500 bits per heavy atom. The molecule has 104 valence electrons. The molecular formula is C18H32. The zero-order valence-corrected chi connectivity index (χ0v) is 12.2. The summed E-state index contributed by atoms with van der Waals surface area (Å²) < 4.78 is 0. The lowest BCUT2D eigenvalue weighted by Crippen LogP contribution is -1.81. The van der Waals surface area contributed by atoms with Crippen LogP contribution in [0.3, 0.4) is 0 Å². The van der Waals surface area contributed by atoms with Crippen LogP contribution in [-0.4, -0.2) is 0 Å². The van der Waals surface area contributed by atoms with E-state index in [0.717, 1.165) is 0 Å². The van der Waals surface area contributed by atoms with Crippen LogP contribution in [0.5, 0.6) is 0 Å². The first-order valence-corrected chi connectivity index (χ1v) is 8.30. The molecule has 0 saturated carbocycles. The summed E-state index contributed by atoms with van der Waals surface area (Å²) in [5.74, 6) is 0. The van der Waals surface area contributed by atoms with Crippen molar-refractivity contribution in [3.63, 3.8) is 0 Å².